The molecule has 0 aliphatic rings. The summed E-state index contributed by atoms with van der Waals surface area (Å²) in [5.41, 5.74) is 1.77. The maximum absolute atomic E-state index is 13.8. The monoisotopic (exact) mass is 509 g/mol. The molecule has 0 amide bonds. The molecule has 4 nitrogen and oxygen atoms in total. The molecule has 0 fully saturated rings. The molecule has 0 saturated carbocycles. The smallest absolute Gasteiger partial charge is 0.272 e. The van der Waals surface area contributed by atoms with Crippen LogP contribution >= 0.6 is 39.1 Å². The summed E-state index contributed by atoms with van der Waals surface area (Å²) in [6, 6.07) is 19.3. The van der Waals surface area contributed by atoms with Gasteiger partial charge in [-0.25, -0.2) is 12.4 Å². The Bertz CT molecular complexity index is 1340. The van der Waals surface area contributed by atoms with Crippen molar-refractivity contribution in [2.24, 2.45) is 0 Å². The Hall–Kier alpha value is -1.99. The van der Waals surface area contributed by atoms with Gasteiger partial charge in [0.25, 0.3) is 10.0 Å². The lowest BCUT2D eigenvalue weighted by molar-refractivity contribution is 0.402. The third-order valence-corrected chi connectivity index (χ3v) is 7.19. The first-order chi connectivity index (χ1) is 13.8. The molecule has 148 valence electrons. The van der Waals surface area contributed by atoms with E-state index in [1.807, 2.05) is 30.3 Å². The Morgan fingerprint density at radius 2 is 1.69 bits per heavy atom. The summed E-state index contributed by atoms with van der Waals surface area (Å²) in [6.07, 6.45) is 0. The highest BCUT2D eigenvalue weighted by Gasteiger charge is 2.28. The van der Waals surface area contributed by atoms with Crippen LogP contribution in [0.3, 0.4) is 0 Å². The van der Waals surface area contributed by atoms with Gasteiger partial charge in [0.05, 0.1) is 23.3 Å². The molecule has 0 saturated heterocycles. The molecule has 0 bridgehead atoms. The molecule has 0 aliphatic carbocycles. The minimum Gasteiger partial charge on any atom is -0.494 e. The molecule has 29 heavy (non-hydrogen) atoms. The Kier molecular flexibility index (Phi) is 5.38. The minimum atomic E-state index is -4.07. The Morgan fingerprint density at radius 3 is 2.38 bits per heavy atom. The van der Waals surface area contributed by atoms with Crippen molar-refractivity contribution in [1.82, 2.24) is 3.97 Å². The molecule has 3 aromatic carbocycles. The molecule has 4 rings (SSSR count). The van der Waals surface area contributed by atoms with E-state index in [0.717, 1.165) is 5.56 Å². The van der Waals surface area contributed by atoms with Crippen LogP contribution in [0, 0.1) is 0 Å². The van der Waals surface area contributed by atoms with Crippen molar-refractivity contribution in [3.8, 4) is 17.0 Å². The van der Waals surface area contributed by atoms with E-state index < -0.39 is 10.0 Å². The van der Waals surface area contributed by atoms with E-state index >= 15 is 0 Å². The molecular weight excluding hydrogens is 497 g/mol. The zero-order chi connectivity index (χ0) is 20.8. The van der Waals surface area contributed by atoms with Gasteiger partial charge in [-0.05, 0) is 42.0 Å². The number of methoxy groups -OCH3 is 1. The van der Waals surface area contributed by atoms with Crippen molar-refractivity contribution in [2.45, 2.75) is 4.90 Å². The molecule has 0 radical (unpaired) electrons. The van der Waals surface area contributed by atoms with Gasteiger partial charge in [0, 0.05) is 14.9 Å². The van der Waals surface area contributed by atoms with Crippen LogP contribution in [0.15, 0.2) is 76.1 Å². The Labute approximate surface area is 186 Å². The van der Waals surface area contributed by atoms with Crippen molar-refractivity contribution in [2.75, 3.05) is 7.11 Å². The second kappa shape index (κ2) is 7.69. The number of nitrogens with zero attached hydrogens (tertiary/aromatic N) is 1. The third kappa shape index (κ3) is 3.55. The summed E-state index contributed by atoms with van der Waals surface area (Å²) >= 11 is 15.7. The highest BCUT2D eigenvalue weighted by Crippen LogP contribution is 2.39. The summed E-state index contributed by atoms with van der Waals surface area (Å²) in [5.74, 6) is 0.0877. The second-order valence-corrected chi connectivity index (χ2v) is 9.80. The first-order valence-electron chi connectivity index (χ1n) is 8.48. The number of hydrogen-bond donors (Lipinski definition) is 0. The fraction of sp³-hybridized carbons (Fsp3) is 0.0476. The molecular formula is C21H14BrCl2NO3S. The number of ether oxygens (including phenoxy) is 1. The number of halogens is 3. The van der Waals surface area contributed by atoms with E-state index in [9.17, 15) is 8.42 Å². The molecule has 1 heterocycles. The first kappa shape index (κ1) is 20.3. The van der Waals surface area contributed by atoms with Crippen molar-refractivity contribution in [1.29, 1.82) is 0 Å². The van der Waals surface area contributed by atoms with Gasteiger partial charge in [-0.2, -0.15) is 0 Å². The zero-order valence-electron chi connectivity index (χ0n) is 15.1. The predicted octanol–water partition coefficient (Wildman–Crippen LogP) is 6.62. The molecule has 0 aliphatic heterocycles. The van der Waals surface area contributed by atoms with Gasteiger partial charge in [-0.3, -0.25) is 0 Å². The van der Waals surface area contributed by atoms with E-state index in [0.29, 0.717) is 26.1 Å². The predicted molar refractivity (Wildman–Crippen MR) is 121 cm³/mol. The first-order valence-corrected chi connectivity index (χ1v) is 11.5. The third-order valence-electron chi connectivity index (χ3n) is 4.49. The lowest BCUT2D eigenvalue weighted by atomic mass is 10.1. The topological polar surface area (TPSA) is 48.3 Å². The van der Waals surface area contributed by atoms with E-state index in [4.69, 9.17) is 27.9 Å². The summed E-state index contributed by atoms with van der Waals surface area (Å²) in [4.78, 5) is -0.0380. The maximum Gasteiger partial charge on any atom is 0.272 e. The van der Waals surface area contributed by atoms with E-state index in [-0.39, 0.29) is 15.7 Å². The summed E-state index contributed by atoms with van der Waals surface area (Å²) < 4.78 is 34.8. The van der Waals surface area contributed by atoms with E-state index in [1.54, 1.807) is 30.3 Å². The Balaban J connectivity index is 2.11. The fourth-order valence-corrected chi connectivity index (χ4v) is 6.27. The van der Waals surface area contributed by atoms with Gasteiger partial charge in [0.1, 0.15) is 4.90 Å². The summed E-state index contributed by atoms with van der Waals surface area (Å²) in [6.45, 7) is 0. The van der Waals surface area contributed by atoms with Gasteiger partial charge < -0.3 is 4.74 Å². The van der Waals surface area contributed by atoms with Crippen LogP contribution in [0.5, 0.6) is 5.75 Å². The second-order valence-electron chi connectivity index (χ2n) is 6.29. The number of rotatable bonds is 4. The fourth-order valence-electron chi connectivity index (χ4n) is 3.25. The highest BCUT2D eigenvalue weighted by atomic mass is 79.9. The van der Waals surface area contributed by atoms with Crippen molar-refractivity contribution in [3.05, 3.63) is 81.2 Å². The van der Waals surface area contributed by atoms with E-state index in [1.165, 1.54) is 17.1 Å². The number of benzene rings is 3. The molecule has 4 aromatic rings. The largest absolute Gasteiger partial charge is 0.494 e. The molecule has 0 N–H and O–H groups in total. The maximum atomic E-state index is 13.8. The van der Waals surface area contributed by atoms with Crippen LogP contribution in [0.2, 0.25) is 10.0 Å². The van der Waals surface area contributed by atoms with Crippen LogP contribution in [-0.4, -0.2) is 19.5 Å². The normalized spacial score (nSPS) is 11.7. The summed E-state index contributed by atoms with van der Waals surface area (Å²) in [5, 5.41) is 1.43. The molecule has 0 unspecified atom stereocenters. The standard InChI is InChI=1S/C21H14BrCl2NO3S/c1-28-21-17(24)11-15(22)12-20(21)29(26,27)25-18-8-7-16(23)9-14(18)10-19(25)13-5-3-2-4-6-13/h2-12H,1H3. The molecule has 0 spiro atoms. The molecule has 8 heteroatoms. The van der Waals surface area contributed by atoms with Crippen LogP contribution in [0.25, 0.3) is 22.2 Å². The zero-order valence-corrected chi connectivity index (χ0v) is 19.0. The van der Waals surface area contributed by atoms with Crippen LogP contribution in [0.4, 0.5) is 0 Å². The lowest BCUT2D eigenvalue weighted by Crippen LogP contribution is -2.15. The lowest BCUT2D eigenvalue weighted by Gasteiger charge is -2.16. The van der Waals surface area contributed by atoms with Gasteiger partial charge >= 0.3 is 0 Å². The van der Waals surface area contributed by atoms with Gasteiger partial charge in [0.15, 0.2) is 5.75 Å². The summed E-state index contributed by atoms with van der Waals surface area (Å²) in [7, 11) is -2.68. The van der Waals surface area contributed by atoms with Crippen molar-refractivity contribution in [3.63, 3.8) is 0 Å². The number of aromatic nitrogens is 1. The number of hydrogen-bond acceptors (Lipinski definition) is 3. The van der Waals surface area contributed by atoms with Gasteiger partial charge in [0.2, 0.25) is 0 Å². The molecule has 1 aromatic heterocycles. The van der Waals surface area contributed by atoms with E-state index in [2.05, 4.69) is 15.9 Å². The Morgan fingerprint density at radius 1 is 0.966 bits per heavy atom. The average Bonchev–Trinajstić information content (AvgIpc) is 3.07. The van der Waals surface area contributed by atoms with Crippen LogP contribution < -0.4 is 4.74 Å². The van der Waals surface area contributed by atoms with Crippen molar-refractivity contribution < 1.29 is 13.2 Å². The van der Waals surface area contributed by atoms with Crippen LogP contribution in [-0.2, 0) is 10.0 Å². The average molecular weight is 511 g/mol. The van der Waals surface area contributed by atoms with Crippen LogP contribution in [0.1, 0.15) is 0 Å². The molecule has 0 atom stereocenters. The number of fused-ring (bicyclic) bond motifs is 1. The quantitative estimate of drug-likeness (QED) is 0.310. The SMILES string of the molecule is COc1c(Cl)cc(Br)cc1S(=O)(=O)n1c(-c2ccccc2)cc2cc(Cl)ccc21. The van der Waals surface area contributed by atoms with Gasteiger partial charge in [-0.15, -0.1) is 0 Å². The van der Waals surface area contributed by atoms with Crippen molar-refractivity contribution >= 4 is 60.1 Å². The minimum absolute atomic E-state index is 0.0380. The van der Waals surface area contributed by atoms with Gasteiger partial charge in [-0.1, -0.05) is 69.5 Å². The highest BCUT2D eigenvalue weighted by molar-refractivity contribution is 9.10.